The van der Waals surface area contributed by atoms with E-state index in [4.69, 9.17) is 4.74 Å². The molecule has 0 spiro atoms. The molecule has 2 heterocycles. The molecule has 1 aliphatic rings. The Morgan fingerprint density at radius 1 is 1.41 bits per heavy atom. The lowest BCUT2D eigenvalue weighted by molar-refractivity contribution is 0.283. The van der Waals surface area contributed by atoms with Gasteiger partial charge in [-0.2, -0.15) is 0 Å². The van der Waals surface area contributed by atoms with Crippen molar-refractivity contribution < 1.29 is 4.74 Å². The van der Waals surface area contributed by atoms with E-state index < -0.39 is 0 Å². The molecular weight excluding hydrogens is 232 g/mol. The highest BCUT2D eigenvalue weighted by atomic mass is 32.1. The Labute approximate surface area is 105 Å². The molecule has 0 aliphatic carbocycles. The van der Waals surface area contributed by atoms with Crippen molar-refractivity contribution in [2.45, 2.75) is 12.8 Å². The van der Waals surface area contributed by atoms with E-state index >= 15 is 0 Å². The summed E-state index contributed by atoms with van der Waals surface area (Å²) in [6.07, 6.45) is 2.41. The van der Waals surface area contributed by atoms with E-state index in [-0.39, 0.29) is 0 Å². The number of hydrogen-bond acceptors (Lipinski definition) is 4. The second-order valence-electron chi connectivity index (χ2n) is 4.44. The average Bonchev–Trinajstić information content (AvgIpc) is 2.96. The minimum absolute atomic E-state index is 0.782. The average molecular weight is 248 g/mol. The lowest BCUT2D eigenvalue weighted by Gasteiger charge is -2.07. The summed E-state index contributed by atoms with van der Waals surface area (Å²) in [7, 11) is 0. The first-order chi connectivity index (χ1) is 8.42. The summed E-state index contributed by atoms with van der Waals surface area (Å²) in [6.45, 7) is 3.08. The quantitative estimate of drug-likeness (QED) is 0.903. The number of ether oxygens (including phenoxy) is 1. The van der Waals surface area contributed by atoms with Crippen molar-refractivity contribution in [3.63, 3.8) is 0 Å². The van der Waals surface area contributed by atoms with Crippen molar-refractivity contribution in [2.75, 3.05) is 19.7 Å². The Kier molecular flexibility index (Phi) is 3.25. The van der Waals surface area contributed by atoms with Gasteiger partial charge >= 0.3 is 0 Å². The molecule has 0 saturated carbocycles. The third kappa shape index (κ3) is 2.58. The van der Waals surface area contributed by atoms with Crippen LogP contribution >= 0.6 is 11.3 Å². The summed E-state index contributed by atoms with van der Waals surface area (Å²) in [5, 5.41) is 4.18. The van der Waals surface area contributed by atoms with Gasteiger partial charge in [-0.3, -0.25) is 0 Å². The number of hydrogen-bond donors (Lipinski definition) is 1. The van der Waals surface area contributed by atoms with Gasteiger partial charge in [0.15, 0.2) is 0 Å². The van der Waals surface area contributed by atoms with Crippen LogP contribution in [0.2, 0.25) is 0 Å². The van der Waals surface area contributed by atoms with Gasteiger partial charge in [0.2, 0.25) is 0 Å². The predicted molar refractivity (Wildman–Crippen MR) is 70.7 cm³/mol. The highest BCUT2D eigenvalue weighted by Crippen LogP contribution is 2.27. The van der Waals surface area contributed by atoms with Gasteiger partial charge in [0.1, 0.15) is 0 Å². The molecule has 90 valence electrons. The van der Waals surface area contributed by atoms with Crippen LogP contribution in [0.1, 0.15) is 12.8 Å². The van der Waals surface area contributed by atoms with Crippen LogP contribution in [0.5, 0.6) is 5.19 Å². The van der Waals surface area contributed by atoms with Crippen LogP contribution in [0, 0.1) is 5.92 Å². The first-order valence-electron chi connectivity index (χ1n) is 6.11. The molecular formula is C13H16N2OS. The normalized spacial score (nSPS) is 19.9. The Morgan fingerprint density at radius 2 is 2.35 bits per heavy atom. The number of para-hydroxylation sites is 1. The van der Waals surface area contributed by atoms with E-state index in [0.717, 1.165) is 42.7 Å². The van der Waals surface area contributed by atoms with Gasteiger partial charge in [0, 0.05) is 0 Å². The van der Waals surface area contributed by atoms with E-state index in [9.17, 15) is 0 Å². The molecule has 0 bridgehead atoms. The van der Waals surface area contributed by atoms with E-state index in [1.54, 1.807) is 11.3 Å². The molecule has 3 rings (SSSR count). The number of fused-ring (bicyclic) bond motifs is 1. The molecule has 1 aliphatic heterocycles. The first-order valence-corrected chi connectivity index (χ1v) is 6.92. The Balaban J connectivity index is 1.57. The number of benzene rings is 1. The fourth-order valence-electron chi connectivity index (χ4n) is 2.19. The molecule has 1 unspecified atom stereocenters. The number of nitrogens with zero attached hydrogens (tertiary/aromatic N) is 1. The topological polar surface area (TPSA) is 34.1 Å². The van der Waals surface area contributed by atoms with Gasteiger partial charge in [0.25, 0.3) is 5.19 Å². The monoisotopic (exact) mass is 248 g/mol. The second-order valence-corrected chi connectivity index (χ2v) is 5.44. The molecule has 4 heteroatoms. The molecule has 1 fully saturated rings. The standard InChI is InChI=1S/C13H16N2OS/c1-2-4-12-11(3-1)15-13(17-12)16-8-6-10-5-7-14-9-10/h1-4,10,14H,5-9H2. The van der Waals surface area contributed by atoms with Gasteiger partial charge in [-0.05, 0) is 44.0 Å². The van der Waals surface area contributed by atoms with Gasteiger partial charge < -0.3 is 10.1 Å². The Hall–Kier alpha value is -1.13. The molecule has 1 atom stereocenters. The smallest absolute Gasteiger partial charge is 0.274 e. The summed E-state index contributed by atoms with van der Waals surface area (Å²) >= 11 is 1.63. The molecule has 1 aromatic heterocycles. The van der Waals surface area contributed by atoms with E-state index in [2.05, 4.69) is 16.4 Å². The summed E-state index contributed by atoms with van der Waals surface area (Å²) in [4.78, 5) is 4.46. The maximum atomic E-state index is 5.73. The Morgan fingerprint density at radius 3 is 3.18 bits per heavy atom. The third-order valence-electron chi connectivity index (χ3n) is 3.19. The van der Waals surface area contributed by atoms with Crippen LogP contribution in [0.15, 0.2) is 24.3 Å². The van der Waals surface area contributed by atoms with Crippen LogP contribution in [-0.4, -0.2) is 24.7 Å². The van der Waals surface area contributed by atoms with Crippen LogP contribution in [0.25, 0.3) is 10.2 Å². The van der Waals surface area contributed by atoms with Gasteiger partial charge in [-0.15, -0.1) is 0 Å². The van der Waals surface area contributed by atoms with Crippen molar-refractivity contribution in [3.05, 3.63) is 24.3 Å². The van der Waals surface area contributed by atoms with Gasteiger partial charge in [0.05, 0.1) is 16.8 Å². The summed E-state index contributed by atoms with van der Waals surface area (Å²) in [5.41, 5.74) is 1.04. The molecule has 3 nitrogen and oxygen atoms in total. The summed E-state index contributed by atoms with van der Waals surface area (Å²) < 4.78 is 6.93. The minimum atomic E-state index is 0.782. The van der Waals surface area contributed by atoms with Gasteiger partial charge in [-0.25, -0.2) is 4.98 Å². The minimum Gasteiger partial charge on any atom is -0.470 e. The number of thiazole rings is 1. The van der Waals surface area contributed by atoms with Crippen LogP contribution < -0.4 is 10.1 Å². The molecule has 0 radical (unpaired) electrons. The third-order valence-corrected chi connectivity index (χ3v) is 4.14. The van der Waals surface area contributed by atoms with Crippen molar-refractivity contribution in [3.8, 4) is 5.19 Å². The SMILES string of the molecule is c1ccc2sc(OCCC3CCNC3)nc2c1. The number of rotatable bonds is 4. The van der Waals surface area contributed by atoms with E-state index in [0.29, 0.717) is 0 Å². The first kappa shape index (κ1) is 11.0. The van der Waals surface area contributed by atoms with Crippen molar-refractivity contribution in [1.82, 2.24) is 10.3 Å². The molecule has 1 N–H and O–H groups in total. The molecule has 1 saturated heterocycles. The highest BCUT2D eigenvalue weighted by molar-refractivity contribution is 7.20. The van der Waals surface area contributed by atoms with Gasteiger partial charge in [-0.1, -0.05) is 23.5 Å². The summed E-state index contributed by atoms with van der Waals surface area (Å²) in [5.74, 6) is 0.782. The fourth-order valence-corrected chi connectivity index (χ4v) is 3.03. The lowest BCUT2D eigenvalue weighted by Crippen LogP contribution is -2.11. The molecule has 17 heavy (non-hydrogen) atoms. The zero-order valence-electron chi connectivity index (χ0n) is 9.69. The second kappa shape index (κ2) is 5.02. The molecule has 2 aromatic rings. The molecule has 1 aromatic carbocycles. The number of aromatic nitrogens is 1. The van der Waals surface area contributed by atoms with Crippen LogP contribution in [0.3, 0.4) is 0 Å². The predicted octanol–water partition coefficient (Wildman–Crippen LogP) is 2.67. The van der Waals surface area contributed by atoms with E-state index in [1.807, 2.05) is 18.2 Å². The maximum absolute atomic E-state index is 5.73. The maximum Gasteiger partial charge on any atom is 0.274 e. The van der Waals surface area contributed by atoms with Crippen LogP contribution in [-0.2, 0) is 0 Å². The van der Waals surface area contributed by atoms with Crippen LogP contribution in [0.4, 0.5) is 0 Å². The van der Waals surface area contributed by atoms with E-state index in [1.165, 1.54) is 11.1 Å². The zero-order chi connectivity index (χ0) is 11.5. The number of nitrogens with one attached hydrogen (secondary N) is 1. The Bertz CT molecular complexity index is 458. The summed E-state index contributed by atoms with van der Waals surface area (Å²) in [6, 6.07) is 8.16. The highest BCUT2D eigenvalue weighted by Gasteiger charge is 2.14. The lowest BCUT2D eigenvalue weighted by atomic mass is 10.1. The van der Waals surface area contributed by atoms with Crippen molar-refractivity contribution in [1.29, 1.82) is 0 Å². The van der Waals surface area contributed by atoms with Crippen molar-refractivity contribution >= 4 is 21.6 Å². The largest absolute Gasteiger partial charge is 0.470 e. The zero-order valence-corrected chi connectivity index (χ0v) is 10.5. The molecule has 0 amide bonds. The fraction of sp³-hybridized carbons (Fsp3) is 0.462. The van der Waals surface area contributed by atoms with Crippen molar-refractivity contribution in [2.24, 2.45) is 5.92 Å².